The number of pyridine rings is 1. The number of aromatic amines is 1. The number of nitrogens with zero attached hydrogens (tertiary/aromatic N) is 7. The number of aromatic nitrogens is 8. The average molecular weight is 471 g/mol. The van der Waals surface area contributed by atoms with Crippen LogP contribution in [-0.4, -0.2) is 52.8 Å². The van der Waals surface area contributed by atoms with E-state index in [9.17, 15) is 4.39 Å². The fraction of sp³-hybridized carbons (Fsp3) is 0.320. The molecule has 1 aliphatic heterocycles. The van der Waals surface area contributed by atoms with Crippen LogP contribution in [0, 0.1) is 25.6 Å². The van der Waals surface area contributed by atoms with Crippen LogP contribution in [0.3, 0.4) is 0 Å². The molecule has 7 rings (SSSR count). The van der Waals surface area contributed by atoms with Crippen molar-refractivity contribution in [1.29, 1.82) is 0 Å². The smallest absolute Gasteiger partial charge is 0.165 e. The van der Waals surface area contributed by atoms with Crippen molar-refractivity contribution >= 4 is 5.65 Å². The number of hydrogen-bond acceptors (Lipinski definition) is 6. The Morgan fingerprint density at radius 3 is 2.91 bits per heavy atom. The lowest BCUT2D eigenvalue weighted by Crippen LogP contribution is -2.23. The van der Waals surface area contributed by atoms with Crippen LogP contribution in [0.5, 0.6) is 0 Å². The van der Waals surface area contributed by atoms with E-state index in [-0.39, 0.29) is 5.41 Å². The number of rotatable bonds is 4. The fourth-order valence-corrected chi connectivity index (χ4v) is 5.60. The van der Waals surface area contributed by atoms with Gasteiger partial charge in [0.25, 0.3) is 0 Å². The summed E-state index contributed by atoms with van der Waals surface area (Å²) in [5.41, 5.74) is 7.76. The van der Waals surface area contributed by atoms with E-state index in [4.69, 9.17) is 19.9 Å². The van der Waals surface area contributed by atoms with Crippen molar-refractivity contribution in [3.63, 3.8) is 0 Å². The summed E-state index contributed by atoms with van der Waals surface area (Å²) in [4.78, 5) is 9.16. The number of nitrogens with one attached hydrogen (secondary N) is 1. The Morgan fingerprint density at radius 1 is 1.20 bits per heavy atom. The van der Waals surface area contributed by atoms with Gasteiger partial charge in [0.05, 0.1) is 64.9 Å². The number of hydrogen-bond donors (Lipinski definition) is 1. The highest BCUT2D eigenvalue weighted by molar-refractivity contribution is 5.78. The van der Waals surface area contributed by atoms with E-state index in [0.29, 0.717) is 11.6 Å². The van der Waals surface area contributed by atoms with Crippen LogP contribution in [0.1, 0.15) is 29.9 Å². The standard InChI is InChI=1S/C25H23FN8O/c1-14-23(15(2)33(32-14)18-7-17(26)10-27-11-18)21-8-22(25-4-6-35-13-16(25)9-25)30-24-19(12-29-34(21)24)20-3-5-28-31-20/h3,5,7-8,10-12,16H,4,6,9,13H2,1-2H3,(H,28,31)/t16?,25-/m1/s1. The molecule has 2 fully saturated rings. The molecular weight excluding hydrogens is 447 g/mol. The highest BCUT2D eigenvalue weighted by atomic mass is 19.1. The van der Waals surface area contributed by atoms with Crippen LogP contribution in [0.4, 0.5) is 4.39 Å². The normalized spacial score (nSPS) is 21.4. The summed E-state index contributed by atoms with van der Waals surface area (Å²) in [7, 11) is 0. The Kier molecular flexibility index (Phi) is 4.26. The van der Waals surface area contributed by atoms with Gasteiger partial charge in [0, 0.05) is 29.8 Å². The zero-order chi connectivity index (χ0) is 23.7. The van der Waals surface area contributed by atoms with Crippen molar-refractivity contribution in [2.24, 2.45) is 5.92 Å². The van der Waals surface area contributed by atoms with E-state index in [2.05, 4.69) is 21.2 Å². The Bertz CT molecular complexity index is 1590. The molecule has 6 heterocycles. The first-order chi connectivity index (χ1) is 17.0. The first kappa shape index (κ1) is 20.5. The molecule has 2 atom stereocenters. The van der Waals surface area contributed by atoms with Crippen LogP contribution in [-0.2, 0) is 10.2 Å². The largest absolute Gasteiger partial charge is 0.381 e. The van der Waals surface area contributed by atoms with Crippen molar-refractivity contribution in [1.82, 2.24) is 39.6 Å². The third kappa shape index (κ3) is 2.99. The summed E-state index contributed by atoms with van der Waals surface area (Å²) in [6.07, 6.45) is 8.38. The van der Waals surface area contributed by atoms with Crippen LogP contribution >= 0.6 is 0 Å². The number of aryl methyl sites for hydroxylation is 1. The van der Waals surface area contributed by atoms with Crippen molar-refractivity contribution in [2.75, 3.05) is 13.2 Å². The predicted molar refractivity (Wildman–Crippen MR) is 126 cm³/mol. The first-order valence-electron chi connectivity index (χ1n) is 11.7. The first-order valence-corrected chi connectivity index (χ1v) is 11.7. The second-order valence-electron chi connectivity index (χ2n) is 9.49. The molecule has 10 heteroatoms. The molecule has 0 spiro atoms. The van der Waals surface area contributed by atoms with E-state index >= 15 is 0 Å². The highest BCUT2D eigenvalue weighted by Crippen LogP contribution is 2.58. The van der Waals surface area contributed by atoms with E-state index in [1.807, 2.05) is 30.6 Å². The number of ether oxygens (including phenoxy) is 1. The van der Waals surface area contributed by atoms with Gasteiger partial charge < -0.3 is 4.74 Å². The Hall–Kier alpha value is -3.92. The van der Waals surface area contributed by atoms with Gasteiger partial charge in [-0.2, -0.15) is 15.3 Å². The van der Waals surface area contributed by atoms with Gasteiger partial charge in [-0.1, -0.05) is 0 Å². The maximum atomic E-state index is 13.9. The third-order valence-corrected chi connectivity index (χ3v) is 7.50. The van der Waals surface area contributed by atoms with Crippen LogP contribution in [0.25, 0.3) is 33.8 Å². The van der Waals surface area contributed by atoms with E-state index in [1.54, 1.807) is 17.1 Å². The lowest BCUT2D eigenvalue weighted by molar-refractivity contribution is 0.0795. The molecule has 1 saturated heterocycles. The molecule has 1 aliphatic carbocycles. The van der Waals surface area contributed by atoms with Crippen LogP contribution < -0.4 is 0 Å². The Morgan fingerprint density at radius 2 is 2.11 bits per heavy atom. The van der Waals surface area contributed by atoms with Crippen LogP contribution in [0.2, 0.25) is 0 Å². The molecule has 0 radical (unpaired) electrons. The summed E-state index contributed by atoms with van der Waals surface area (Å²) in [6.45, 7) is 5.47. The Balaban J connectivity index is 1.47. The SMILES string of the molecule is Cc1nn(-c2cncc(F)c2)c(C)c1-c1cc([C@@]23CCOCC2C3)nc2c(-c3ccn[nH]3)cnn12. The van der Waals surface area contributed by atoms with Crippen molar-refractivity contribution < 1.29 is 9.13 Å². The zero-order valence-electron chi connectivity index (χ0n) is 19.4. The van der Waals surface area contributed by atoms with E-state index in [1.165, 1.54) is 12.3 Å². The van der Waals surface area contributed by atoms with Gasteiger partial charge in [-0.3, -0.25) is 10.1 Å². The molecule has 5 aromatic rings. The molecule has 35 heavy (non-hydrogen) atoms. The van der Waals surface area contributed by atoms with Gasteiger partial charge >= 0.3 is 0 Å². The topological polar surface area (TPSA) is 98.8 Å². The maximum absolute atomic E-state index is 13.9. The predicted octanol–water partition coefficient (Wildman–Crippen LogP) is 3.80. The highest BCUT2D eigenvalue weighted by Gasteiger charge is 2.58. The molecule has 5 aromatic heterocycles. The monoisotopic (exact) mass is 470 g/mol. The molecule has 0 bridgehead atoms. The van der Waals surface area contributed by atoms with Crippen molar-refractivity contribution in [3.05, 3.63) is 65.9 Å². The molecule has 1 N–H and O–H groups in total. The molecule has 0 amide bonds. The second-order valence-corrected chi connectivity index (χ2v) is 9.49. The number of halogens is 1. The summed E-state index contributed by atoms with van der Waals surface area (Å²) >= 11 is 0. The fourth-order valence-electron chi connectivity index (χ4n) is 5.60. The molecular formula is C25H23FN8O. The van der Waals surface area contributed by atoms with Gasteiger partial charge in [0.15, 0.2) is 5.65 Å². The minimum atomic E-state index is -0.403. The zero-order valence-corrected chi connectivity index (χ0v) is 19.4. The molecule has 176 valence electrons. The summed E-state index contributed by atoms with van der Waals surface area (Å²) < 4.78 is 23.3. The van der Waals surface area contributed by atoms with Gasteiger partial charge in [0.2, 0.25) is 0 Å². The number of H-pyrrole nitrogens is 1. The molecule has 0 aromatic carbocycles. The summed E-state index contributed by atoms with van der Waals surface area (Å²) in [5, 5.41) is 16.6. The summed E-state index contributed by atoms with van der Waals surface area (Å²) in [5.74, 6) is 0.0840. The average Bonchev–Trinajstić information content (AvgIpc) is 3.15. The minimum absolute atomic E-state index is 0.0363. The van der Waals surface area contributed by atoms with Crippen LogP contribution in [0.15, 0.2) is 43.0 Å². The van der Waals surface area contributed by atoms with E-state index < -0.39 is 5.82 Å². The summed E-state index contributed by atoms with van der Waals surface area (Å²) in [6, 6.07) is 5.51. The van der Waals surface area contributed by atoms with Gasteiger partial charge in [-0.05, 0) is 44.7 Å². The van der Waals surface area contributed by atoms with Gasteiger partial charge in [-0.15, -0.1) is 0 Å². The number of fused-ring (bicyclic) bond motifs is 2. The van der Waals surface area contributed by atoms with Crippen molar-refractivity contribution in [2.45, 2.75) is 32.1 Å². The molecule has 1 unspecified atom stereocenters. The Labute approximate surface area is 200 Å². The quantitative estimate of drug-likeness (QED) is 0.429. The van der Waals surface area contributed by atoms with Crippen molar-refractivity contribution in [3.8, 4) is 28.2 Å². The molecule has 9 nitrogen and oxygen atoms in total. The van der Waals surface area contributed by atoms with Gasteiger partial charge in [0.1, 0.15) is 5.82 Å². The third-order valence-electron chi connectivity index (χ3n) is 7.50. The molecule has 2 aliphatic rings. The lowest BCUT2D eigenvalue weighted by Gasteiger charge is -2.23. The van der Waals surface area contributed by atoms with Gasteiger partial charge in [-0.25, -0.2) is 18.6 Å². The van der Waals surface area contributed by atoms with E-state index in [0.717, 1.165) is 71.3 Å². The second kappa shape index (κ2) is 7.29. The minimum Gasteiger partial charge on any atom is -0.381 e. The lowest BCUT2D eigenvalue weighted by atomic mass is 9.92. The molecule has 1 saturated carbocycles. The maximum Gasteiger partial charge on any atom is 0.165 e.